The first-order chi connectivity index (χ1) is 16.1. The van der Waals surface area contributed by atoms with Gasteiger partial charge in [0.05, 0.1) is 17.5 Å². The minimum Gasteiger partial charge on any atom is -0.435 e. The number of aromatic nitrogens is 4. The van der Waals surface area contributed by atoms with Crippen molar-refractivity contribution in [3.63, 3.8) is 0 Å². The van der Waals surface area contributed by atoms with Gasteiger partial charge in [0.1, 0.15) is 17.0 Å². The summed E-state index contributed by atoms with van der Waals surface area (Å²) in [5.41, 5.74) is 2.56. The third kappa shape index (κ3) is 4.00. The van der Waals surface area contributed by atoms with E-state index in [1.54, 1.807) is 38.4 Å². The highest BCUT2D eigenvalue weighted by Gasteiger charge is 2.37. The number of benzene rings is 1. The molecule has 176 valence electrons. The maximum absolute atomic E-state index is 13.0. The van der Waals surface area contributed by atoms with E-state index in [2.05, 4.69) is 15.0 Å². The Hall–Kier alpha value is -3.14. The third-order valence-corrected chi connectivity index (χ3v) is 6.12. The lowest BCUT2D eigenvalue weighted by Gasteiger charge is -2.18. The average molecular weight is 487 g/mol. The van der Waals surface area contributed by atoms with Crippen molar-refractivity contribution in [2.45, 2.75) is 44.5 Å². The fourth-order valence-electron chi connectivity index (χ4n) is 4.35. The van der Waals surface area contributed by atoms with Crippen LogP contribution in [0.15, 0.2) is 48.9 Å². The Morgan fingerprint density at radius 3 is 2.56 bits per heavy atom. The summed E-state index contributed by atoms with van der Waals surface area (Å²) < 4.78 is 32.7. The highest BCUT2D eigenvalue weighted by Crippen LogP contribution is 2.47. The first-order valence-electron chi connectivity index (χ1n) is 10.6. The minimum absolute atomic E-state index is 0.00571. The molecule has 3 aromatic heterocycles. The molecule has 2 N–H and O–H groups in total. The van der Waals surface area contributed by atoms with E-state index in [4.69, 9.17) is 16.3 Å². The van der Waals surface area contributed by atoms with Crippen molar-refractivity contribution < 1.29 is 23.7 Å². The number of halogens is 3. The van der Waals surface area contributed by atoms with Gasteiger partial charge in [-0.2, -0.15) is 8.78 Å². The van der Waals surface area contributed by atoms with Gasteiger partial charge in [-0.05, 0) is 50.6 Å². The number of rotatable bonds is 5. The molecule has 0 radical (unpaired) electrons. The first kappa shape index (κ1) is 22.6. The normalized spacial score (nSPS) is 18.0. The summed E-state index contributed by atoms with van der Waals surface area (Å²) in [5, 5.41) is 21.2. The first-order valence-corrected chi connectivity index (χ1v) is 11.0. The fraction of sp³-hybridized carbons (Fsp3) is 0.292. The Morgan fingerprint density at radius 2 is 1.88 bits per heavy atom. The van der Waals surface area contributed by atoms with E-state index in [0.717, 1.165) is 11.1 Å². The van der Waals surface area contributed by atoms with Gasteiger partial charge in [-0.15, -0.1) is 0 Å². The number of pyridine rings is 1. The zero-order chi connectivity index (χ0) is 24.2. The van der Waals surface area contributed by atoms with Crippen LogP contribution >= 0.6 is 11.6 Å². The van der Waals surface area contributed by atoms with E-state index in [1.807, 2.05) is 16.7 Å². The molecular formula is C24H21ClF2N4O3. The number of hydrogen-bond acceptors (Lipinski definition) is 6. The zero-order valence-electron chi connectivity index (χ0n) is 18.3. The highest BCUT2D eigenvalue weighted by atomic mass is 35.5. The summed E-state index contributed by atoms with van der Waals surface area (Å²) >= 11 is 6.18. The van der Waals surface area contributed by atoms with Crippen LogP contribution in [0.2, 0.25) is 5.02 Å². The van der Waals surface area contributed by atoms with Crippen molar-refractivity contribution >= 4 is 17.2 Å². The molecule has 0 aliphatic heterocycles. The second kappa shape index (κ2) is 8.26. The van der Waals surface area contributed by atoms with Crippen LogP contribution in [-0.2, 0) is 5.60 Å². The highest BCUT2D eigenvalue weighted by molar-refractivity contribution is 6.30. The molecule has 7 nitrogen and oxygen atoms in total. The van der Waals surface area contributed by atoms with Crippen LogP contribution in [0.4, 0.5) is 8.78 Å². The van der Waals surface area contributed by atoms with Crippen molar-refractivity contribution in [3.05, 3.63) is 76.7 Å². The molecule has 2 atom stereocenters. The van der Waals surface area contributed by atoms with Crippen LogP contribution in [0.5, 0.6) is 5.75 Å². The van der Waals surface area contributed by atoms with Gasteiger partial charge in [-0.25, -0.2) is 15.0 Å². The minimum atomic E-state index is -2.99. The number of aliphatic hydroxyl groups is 2. The Bertz CT molecular complexity index is 1370. The van der Waals surface area contributed by atoms with Gasteiger partial charge >= 0.3 is 6.61 Å². The van der Waals surface area contributed by atoms with Gasteiger partial charge in [0.25, 0.3) is 0 Å². The number of aliphatic hydroxyl groups excluding tert-OH is 1. The summed E-state index contributed by atoms with van der Waals surface area (Å²) in [6, 6.07) is 8.13. The molecule has 1 aromatic carbocycles. The average Bonchev–Trinajstić information content (AvgIpc) is 3.31. The van der Waals surface area contributed by atoms with Gasteiger partial charge in [-0.1, -0.05) is 11.6 Å². The van der Waals surface area contributed by atoms with Crippen molar-refractivity contribution in [2.24, 2.45) is 0 Å². The van der Waals surface area contributed by atoms with Crippen LogP contribution in [-0.4, -0.2) is 36.2 Å². The molecule has 0 saturated carbocycles. The number of ether oxygens (including phenoxy) is 1. The summed E-state index contributed by atoms with van der Waals surface area (Å²) in [6.45, 7) is 0.220. The summed E-state index contributed by atoms with van der Waals surface area (Å²) in [4.78, 5) is 13.1. The van der Waals surface area contributed by atoms with Crippen molar-refractivity contribution in [1.82, 2.24) is 19.4 Å². The topological polar surface area (TPSA) is 92.8 Å². The fourth-order valence-corrected chi connectivity index (χ4v) is 4.53. The molecule has 34 heavy (non-hydrogen) atoms. The standard InChI is InChI=1S/C24H21ClF2N4O3/c1-24(2,33)22-28-9-13(10-29-22)12-3-6-19-30-20-17(32)8-16(21(20)31(19)11-12)15-7-14(25)4-5-18(15)34-23(26)27/h3-7,9-11,16-17,23,32-33H,8H2,1-2H3/t16-,17-/m1/s1. The van der Waals surface area contributed by atoms with E-state index in [1.165, 1.54) is 12.1 Å². The van der Waals surface area contributed by atoms with Gasteiger partial charge in [0, 0.05) is 46.2 Å². The third-order valence-electron chi connectivity index (χ3n) is 5.88. The molecule has 0 amide bonds. The van der Waals surface area contributed by atoms with E-state index in [0.29, 0.717) is 33.4 Å². The van der Waals surface area contributed by atoms with E-state index in [-0.39, 0.29) is 12.2 Å². The molecule has 0 unspecified atom stereocenters. The smallest absolute Gasteiger partial charge is 0.387 e. The van der Waals surface area contributed by atoms with E-state index >= 15 is 0 Å². The lowest BCUT2D eigenvalue weighted by atomic mass is 9.95. The molecular weight excluding hydrogens is 466 g/mol. The molecule has 1 aliphatic carbocycles. The molecule has 0 saturated heterocycles. The van der Waals surface area contributed by atoms with Crippen LogP contribution in [0, 0.1) is 0 Å². The predicted octanol–water partition coefficient (Wildman–Crippen LogP) is 4.84. The largest absolute Gasteiger partial charge is 0.435 e. The van der Waals surface area contributed by atoms with Gasteiger partial charge in [-0.3, -0.25) is 0 Å². The lowest BCUT2D eigenvalue weighted by Crippen LogP contribution is -2.19. The quantitative estimate of drug-likeness (QED) is 0.419. The maximum Gasteiger partial charge on any atom is 0.387 e. The maximum atomic E-state index is 13.0. The zero-order valence-corrected chi connectivity index (χ0v) is 19.0. The monoisotopic (exact) mass is 486 g/mol. The summed E-state index contributed by atoms with van der Waals surface area (Å²) in [5.74, 6) is -0.153. The van der Waals surface area contributed by atoms with E-state index < -0.39 is 24.2 Å². The Balaban J connectivity index is 1.62. The van der Waals surface area contributed by atoms with Crippen LogP contribution in [0.3, 0.4) is 0 Å². The molecule has 1 aliphatic rings. The Morgan fingerprint density at radius 1 is 1.15 bits per heavy atom. The molecule has 0 bridgehead atoms. The number of hydrogen-bond donors (Lipinski definition) is 2. The SMILES string of the molecule is CC(C)(O)c1ncc(-c2ccc3nc4c(n3c2)[C@@H](c2cc(Cl)ccc2OC(F)F)C[C@H]4O)cn1. The second-order valence-corrected chi connectivity index (χ2v) is 9.18. The molecule has 0 fully saturated rings. The number of alkyl halides is 2. The van der Waals surface area contributed by atoms with Crippen molar-refractivity contribution in [3.8, 4) is 16.9 Å². The summed E-state index contributed by atoms with van der Waals surface area (Å²) in [6.07, 6.45) is 4.48. The predicted molar refractivity (Wildman–Crippen MR) is 121 cm³/mol. The van der Waals surface area contributed by atoms with Gasteiger partial charge < -0.3 is 19.4 Å². The number of imidazole rings is 1. The van der Waals surface area contributed by atoms with Crippen LogP contribution < -0.4 is 4.74 Å². The molecule has 5 rings (SSSR count). The Labute approximate surface area is 198 Å². The van der Waals surface area contributed by atoms with Crippen molar-refractivity contribution in [1.29, 1.82) is 0 Å². The van der Waals surface area contributed by atoms with Crippen LogP contribution in [0.25, 0.3) is 16.8 Å². The molecule has 3 heterocycles. The Kier molecular flexibility index (Phi) is 5.50. The molecule has 0 spiro atoms. The van der Waals surface area contributed by atoms with Gasteiger partial charge in [0.15, 0.2) is 5.82 Å². The van der Waals surface area contributed by atoms with E-state index in [9.17, 15) is 19.0 Å². The van der Waals surface area contributed by atoms with Gasteiger partial charge in [0.2, 0.25) is 0 Å². The van der Waals surface area contributed by atoms with Crippen LogP contribution in [0.1, 0.15) is 55.1 Å². The lowest BCUT2D eigenvalue weighted by molar-refractivity contribution is -0.0506. The molecule has 4 aromatic rings. The number of fused-ring (bicyclic) bond motifs is 3. The molecule has 10 heteroatoms. The summed E-state index contributed by atoms with van der Waals surface area (Å²) in [7, 11) is 0. The second-order valence-electron chi connectivity index (χ2n) is 8.75. The van der Waals surface area contributed by atoms with Crippen molar-refractivity contribution in [2.75, 3.05) is 0 Å². The number of nitrogens with zero attached hydrogens (tertiary/aromatic N) is 4.